The molecule has 0 heterocycles. The van der Waals surface area contributed by atoms with Gasteiger partial charge in [-0.15, -0.1) is 0 Å². The molecule has 0 bridgehead atoms. The van der Waals surface area contributed by atoms with Crippen LogP contribution in [0.2, 0.25) is 0 Å². The Morgan fingerprint density at radius 2 is 1.57 bits per heavy atom. The highest BCUT2D eigenvalue weighted by atomic mass is 32.2. The van der Waals surface area contributed by atoms with E-state index in [1.54, 1.807) is 66.7 Å². The number of nitrogens with one attached hydrogen (secondary N) is 1. The monoisotopic (exact) mass is 424 g/mol. The SMILES string of the molecule is CCOc1ccc(C(=O)Oc2ccc(C=NNS(=O)(=O)c3ccccc3)cc2)cc1. The smallest absolute Gasteiger partial charge is 0.343 e. The van der Waals surface area contributed by atoms with Crippen LogP contribution in [0, 0.1) is 0 Å². The van der Waals surface area contributed by atoms with Crippen molar-refractivity contribution in [3.05, 3.63) is 90.0 Å². The summed E-state index contributed by atoms with van der Waals surface area (Å²) in [5, 5.41) is 3.77. The highest BCUT2D eigenvalue weighted by Gasteiger charge is 2.11. The number of carbonyl (C=O) groups is 1. The average Bonchev–Trinajstić information content (AvgIpc) is 2.76. The zero-order valence-corrected chi connectivity index (χ0v) is 17.0. The highest BCUT2D eigenvalue weighted by Crippen LogP contribution is 2.16. The van der Waals surface area contributed by atoms with Gasteiger partial charge in [0.25, 0.3) is 10.0 Å². The minimum atomic E-state index is -3.72. The lowest BCUT2D eigenvalue weighted by atomic mass is 10.2. The molecule has 0 saturated heterocycles. The Bertz CT molecular complexity index is 1110. The molecule has 8 heteroatoms. The van der Waals surface area contributed by atoms with Crippen LogP contribution in [0.25, 0.3) is 0 Å². The first-order valence-electron chi connectivity index (χ1n) is 9.13. The summed E-state index contributed by atoms with van der Waals surface area (Å²) < 4.78 is 34.9. The van der Waals surface area contributed by atoms with Crippen LogP contribution in [0.15, 0.2) is 88.9 Å². The van der Waals surface area contributed by atoms with Gasteiger partial charge in [0.1, 0.15) is 11.5 Å². The van der Waals surface area contributed by atoms with Crippen molar-refractivity contribution in [3.63, 3.8) is 0 Å². The fourth-order valence-corrected chi connectivity index (χ4v) is 3.28. The number of nitrogens with zero attached hydrogens (tertiary/aromatic N) is 1. The van der Waals surface area contributed by atoms with Gasteiger partial charge in [-0.25, -0.2) is 9.63 Å². The first kappa shape index (κ1) is 21.1. The lowest BCUT2D eigenvalue weighted by Crippen LogP contribution is -2.18. The molecule has 3 rings (SSSR count). The predicted octanol–water partition coefficient (Wildman–Crippen LogP) is 3.62. The fraction of sp³-hybridized carbons (Fsp3) is 0.0909. The summed E-state index contributed by atoms with van der Waals surface area (Å²) in [7, 11) is -3.72. The summed E-state index contributed by atoms with van der Waals surface area (Å²) in [4.78, 5) is 14.5. The fourth-order valence-electron chi connectivity index (χ4n) is 2.46. The minimum absolute atomic E-state index is 0.124. The zero-order valence-electron chi connectivity index (χ0n) is 16.2. The molecule has 1 N–H and O–H groups in total. The summed E-state index contributed by atoms with van der Waals surface area (Å²) in [6.07, 6.45) is 1.36. The van der Waals surface area contributed by atoms with Gasteiger partial charge in [-0.05, 0) is 73.2 Å². The van der Waals surface area contributed by atoms with Crippen LogP contribution >= 0.6 is 0 Å². The van der Waals surface area contributed by atoms with Crippen LogP contribution in [0.5, 0.6) is 11.5 Å². The molecule has 0 saturated carbocycles. The van der Waals surface area contributed by atoms with E-state index in [-0.39, 0.29) is 4.90 Å². The molecule has 154 valence electrons. The van der Waals surface area contributed by atoms with Gasteiger partial charge in [-0.2, -0.15) is 13.5 Å². The molecule has 7 nitrogen and oxygen atoms in total. The van der Waals surface area contributed by atoms with Crippen LogP contribution in [-0.4, -0.2) is 27.2 Å². The maximum Gasteiger partial charge on any atom is 0.343 e. The highest BCUT2D eigenvalue weighted by molar-refractivity contribution is 7.89. The van der Waals surface area contributed by atoms with Crippen molar-refractivity contribution in [3.8, 4) is 11.5 Å². The van der Waals surface area contributed by atoms with Gasteiger partial charge in [0, 0.05) is 0 Å². The Hall–Kier alpha value is -3.65. The van der Waals surface area contributed by atoms with E-state index in [1.807, 2.05) is 6.92 Å². The molecule has 0 aliphatic heterocycles. The molecule has 30 heavy (non-hydrogen) atoms. The minimum Gasteiger partial charge on any atom is -0.494 e. The van der Waals surface area contributed by atoms with Crippen LogP contribution in [0.3, 0.4) is 0 Å². The molecule has 0 spiro atoms. The van der Waals surface area contributed by atoms with Crippen molar-refractivity contribution in [1.29, 1.82) is 0 Å². The Morgan fingerprint density at radius 3 is 2.20 bits per heavy atom. The molecule has 0 aliphatic rings. The molecular weight excluding hydrogens is 404 g/mol. The molecule has 0 unspecified atom stereocenters. The molecule has 0 aliphatic carbocycles. The number of ether oxygens (including phenoxy) is 2. The molecule has 3 aromatic rings. The Balaban J connectivity index is 1.58. The third-order valence-corrected chi connectivity index (χ3v) is 5.17. The lowest BCUT2D eigenvalue weighted by Gasteiger charge is -2.06. The molecule has 0 atom stereocenters. The molecule has 0 radical (unpaired) electrons. The first-order chi connectivity index (χ1) is 14.5. The van der Waals surface area contributed by atoms with E-state index < -0.39 is 16.0 Å². The van der Waals surface area contributed by atoms with E-state index in [2.05, 4.69) is 9.93 Å². The van der Waals surface area contributed by atoms with Gasteiger partial charge in [0.15, 0.2) is 0 Å². The van der Waals surface area contributed by atoms with Crippen molar-refractivity contribution in [1.82, 2.24) is 4.83 Å². The summed E-state index contributed by atoms with van der Waals surface area (Å²) in [5.41, 5.74) is 1.03. The van der Waals surface area contributed by atoms with Crippen molar-refractivity contribution in [2.45, 2.75) is 11.8 Å². The molecule has 0 aromatic heterocycles. The van der Waals surface area contributed by atoms with Crippen molar-refractivity contribution in [2.24, 2.45) is 5.10 Å². The maximum absolute atomic E-state index is 12.2. The standard InChI is InChI=1S/C22H20N2O5S/c1-2-28-19-14-10-18(11-15-19)22(25)29-20-12-8-17(9-13-20)16-23-24-30(26,27)21-6-4-3-5-7-21/h3-16,24H,2H2,1H3. The Morgan fingerprint density at radius 1 is 0.933 bits per heavy atom. The van der Waals surface area contributed by atoms with E-state index in [1.165, 1.54) is 18.3 Å². The number of benzene rings is 3. The van der Waals surface area contributed by atoms with E-state index in [0.29, 0.717) is 29.2 Å². The second-order valence-corrected chi connectivity index (χ2v) is 7.74. The van der Waals surface area contributed by atoms with Gasteiger partial charge in [-0.3, -0.25) is 0 Å². The summed E-state index contributed by atoms with van der Waals surface area (Å²) in [6, 6.07) is 21.1. The summed E-state index contributed by atoms with van der Waals surface area (Å²) in [6.45, 7) is 2.43. The van der Waals surface area contributed by atoms with E-state index in [4.69, 9.17) is 9.47 Å². The average molecular weight is 424 g/mol. The zero-order chi connectivity index (χ0) is 21.4. The van der Waals surface area contributed by atoms with Crippen LogP contribution < -0.4 is 14.3 Å². The van der Waals surface area contributed by atoms with Gasteiger partial charge in [-0.1, -0.05) is 18.2 Å². The number of rotatable bonds is 8. The quantitative estimate of drug-likeness (QED) is 0.258. The van der Waals surface area contributed by atoms with Crippen LogP contribution in [-0.2, 0) is 10.0 Å². The van der Waals surface area contributed by atoms with Gasteiger partial charge in [0.05, 0.1) is 23.3 Å². The molecule has 0 fully saturated rings. The van der Waals surface area contributed by atoms with Gasteiger partial charge in [0.2, 0.25) is 0 Å². The van der Waals surface area contributed by atoms with Crippen LogP contribution in [0.1, 0.15) is 22.8 Å². The topological polar surface area (TPSA) is 94.1 Å². The molecule has 0 amide bonds. The number of carbonyl (C=O) groups excluding carboxylic acids is 1. The van der Waals surface area contributed by atoms with Crippen LogP contribution in [0.4, 0.5) is 0 Å². The number of hydrogen-bond acceptors (Lipinski definition) is 6. The van der Waals surface area contributed by atoms with E-state index in [0.717, 1.165) is 0 Å². The summed E-state index contributed by atoms with van der Waals surface area (Å²) >= 11 is 0. The number of hydrazone groups is 1. The van der Waals surface area contributed by atoms with Crippen molar-refractivity contribution in [2.75, 3.05) is 6.61 Å². The number of sulfonamides is 1. The van der Waals surface area contributed by atoms with Crippen molar-refractivity contribution >= 4 is 22.2 Å². The first-order valence-corrected chi connectivity index (χ1v) is 10.6. The van der Waals surface area contributed by atoms with Gasteiger partial charge < -0.3 is 9.47 Å². The lowest BCUT2D eigenvalue weighted by molar-refractivity contribution is 0.0734. The Kier molecular flexibility index (Phi) is 6.82. The molecular formula is C22H20N2O5S. The number of hydrogen-bond donors (Lipinski definition) is 1. The third-order valence-electron chi connectivity index (χ3n) is 3.93. The normalized spacial score (nSPS) is 11.2. The summed E-state index contributed by atoms with van der Waals surface area (Å²) in [5.74, 6) is 0.548. The second kappa shape index (κ2) is 9.71. The Labute approximate surface area is 175 Å². The van der Waals surface area contributed by atoms with E-state index >= 15 is 0 Å². The predicted molar refractivity (Wildman–Crippen MR) is 113 cm³/mol. The maximum atomic E-state index is 12.2. The molecule has 3 aromatic carbocycles. The van der Waals surface area contributed by atoms with Gasteiger partial charge >= 0.3 is 5.97 Å². The third kappa shape index (κ3) is 5.68. The number of esters is 1. The second-order valence-electron chi connectivity index (χ2n) is 6.08. The van der Waals surface area contributed by atoms with Crippen molar-refractivity contribution < 1.29 is 22.7 Å². The van der Waals surface area contributed by atoms with E-state index in [9.17, 15) is 13.2 Å². The largest absolute Gasteiger partial charge is 0.494 e.